The van der Waals surface area contributed by atoms with E-state index < -0.39 is 0 Å². The lowest BCUT2D eigenvalue weighted by molar-refractivity contribution is -0.126. The topological polar surface area (TPSA) is 27.7 Å². The molecule has 0 saturated heterocycles. The lowest BCUT2D eigenvalue weighted by atomic mass is 9.69. The van der Waals surface area contributed by atoms with E-state index >= 15 is 0 Å². The van der Waals surface area contributed by atoms with Crippen LogP contribution in [0, 0.1) is 17.8 Å². The van der Waals surface area contributed by atoms with Crippen LogP contribution in [0.1, 0.15) is 77.6 Å². The molecule has 0 amide bonds. The van der Waals surface area contributed by atoms with Crippen molar-refractivity contribution >= 4 is 0 Å². The molecule has 0 aromatic rings. The molecule has 3 rings (SSSR count). The molecule has 0 radical (unpaired) electrons. The number of hydrogen-bond donors (Lipinski definition) is 0. The molecule has 0 heterocycles. The van der Waals surface area contributed by atoms with Crippen molar-refractivity contribution in [1.82, 2.24) is 0 Å². The highest BCUT2D eigenvalue weighted by atomic mass is 16.6. The van der Waals surface area contributed by atoms with Gasteiger partial charge in [0.2, 0.25) is 0 Å². The van der Waals surface area contributed by atoms with Crippen molar-refractivity contribution in [2.75, 3.05) is 26.4 Å². The smallest absolute Gasteiger partial charge is 0.0840 e. The summed E-state index contributed by atoms with van der Waals surface area (Å²) in [5.41, 5.74) is 0. The minimum Gasteiger partial charge on any atom is -0.379 e. The zero-order valence-corrected chi connectivity index (χ0v) is 15.7. The molecule has 0 bridgehead atoms. The van der Waals surface area contributed by atoms with Crippen molar-refractivity contribution in [1.29, 1.82) is 0 Å². The largest absolute Gasteiger partial charge is 0.379 e. The minimum absolute atomic E-state index is 0.294. The molecule has 3 aliphatic carbocycles. The van der Waals surface area contributed by atoms with E-state index in [-0.39, 0.29) is 0 Å². The van der Waals surface area contributed by atoms with E-state index in [1.54, 1.807) is 0 Å². The molecule has 140 valence electrons. The summed E-state index contributed by atoms with van der Waals surface area (Å²) < 4.78 is 18.2. The quantitative estimate of drug-likeness (QED) is 0.585. The van der Waals surface area contributed by atoms with Crippen LogP contribution in [-0.2, 0) is 14.2 Å². The van der Waals surface area contributed by atoms with E-state index in [9.17, 15) is 0 Å². The Bertz CT molecular complexity index is 340. The Morgan fingerprint density at radius 2 is 1.33 bits per heavy atom. The van der Waals surface area contributed by atoms with Crippen LogP contribution in [0.3, 0.4) is 0 Å². The maximum atomic E-state index is 6.24. The van der Waals surface area contributed by atoms with Crippen molar-refractivity contribution in [3.63, 3.8) is 0 Å². The summed E-state index contributed by atoms with van der Waals surface area (Å²) in [5, 5.41) is 0. The van der Waals surface area contributed by atoms with E-state index in [2.05, 4.69) is 6.92 Å². The number of fused-ring (bicyclic) bond motifs is 1. The fraction of sp³-hybridized carbons (Fsp3) is 1.00. The Kier molecular flexibility index (Phi) is 7.88. The van der Waals surface area contributed by atoms with Crippen molar-refractivity contribution in [2.24, 2.45) is 17.8 Å². The molecule has 4 atom stereocenters. The summed E-state index contributed by atoms with van der Waals surface area (Å²) in [6, 6.07) is 0. The van der Waals surface area contributed by atoms with Gasteiger partial charge < -0.3 is 14.2 Å². The Labute approximate surface area is 148 Å². The zero-order valence-electron chi connectivity index (χ0n) is 15.7. The summed E-state index contributed by atoms with van der Waals surface area (Å²) in [4.78, 5) is 0. The fourth-order valence-electron chi connectivity index (χ4n) is 5.23. The lowest BCUT2D eigenvalue weighted by Gasteiger charge is -2.43. The first kappa shape index (κ1) is 18.7. The van der Waals surface area contributed by atoms with Gasteiger partial charge in [-0.3, -0.25) is 0 Å². The van der Waals surface area contributed by atoms with Gasteiger partial charge in [0.25, 0.3) is 0 Å². The molecule has 4 unspecified atom stereocenters. The first-order valence-corrected chi connectivity index (χ1v) is 10.7. The molecular weight excluding hydrogens is 300 g/mol. The number of hydrogen-bond acceptors (Lipinski definition) is 3. The highest BCUT2D eigenvalue weighted by Gasteiger charge is 2.39. The Hall–Kier alpha value is -0.120. The predicted molar refractivity (Wildman–Crippen MR) is 97.2 cm³/mol. The van der Waals surface area contributed by atoms with E-state index in [4.69, 9.17) is 14.2 Å². The third-order valence-electron chi connectivity index (χ3n) is 6.57. The first-order valence-electron chi connectivity index (χ1n) is 10.7. The molecule has 3 aliphatic rings. The molecule has 0 spiro atoms. The summed E-state index contributed by atoms with van der Waals surface area (Å²) in [7, 11) is 0. The van der Waals surface area contributed by atoms with Gasteiger partial charge in [0.1, 0.15) is 0 Å². The van der Waals surface area contributed by atoms with E-state index in [0.717, 1.165) is 44.2 Å². The van der Waals surface area contributed by atoms with Crippen LogP contribution in [0.25, 0.3) is 0 Å². The monoisotopic (exact) mass is 338 g/mol. The van der Waals surface area contributed by atoms with Gasteiger partial charge >= 0.3 is 0 Å². The van der Waals surface area contributed by atoms with E-state index in [1.807, 2.05) is 0 Å². The Morgan fingerprint density at radius 3 is 2.00 bits per heavy atom. The molecular formula is C21H38O3. The number of ether oxygens (including phenoxy) is 3. The summed E-state index contributed by atoms with van der Waals surface area (Å²) in [6.07, 6.45) is 15.6. The SMILES string of the molecule is CCOC1CC2CCCCC2CC1OCCOCC1CCCCC1. The Morgan fingerprint density at radius 1 is 0.708 bits per heavy atom. The molecule has 3 nitrogen and oxygen atoms in total. The fourth-order valence-corrected chi connectivity index (χ4v) is 5.23. The van der Waals surface area contributed by atoms with Crippen LogP contribution in [0.4, 0.5) is 0 Å². The second kappa shape index (κ2) is 10.1. The second-order valence-electron chi connectivity index (χ2n) is 8.26. The predicted octanol–water partition coefficient (Wildman–Crippen LogP) is 4.97. The van der Waals surface area contributed by atoms with Gasteiger partial charge in [-0.15, -0.1) is 0 Å². The van der Waals surface area contributed by atoms with Crippen LogP contribution in [0.5, 0.6) is 0 Å². The average Bonchev–Trinajstić information content (AvgIpc) is 2.63. The van der Waals surface area contributed by atoms with Gasteiger partial charge in [-0.1, -0.05) is 44.9 Å². The molecule has 0 N–H and O–H groups in total. The van der Waals surface area contributed by atoms with Gasteiger partial charge in [0, 0.05) is 13.2 Å². The third kappa shape index (κ3) is 5.44. The van der Waals surface area contributed by atoms with Gasteiger partial charge in [-0.2, -0.15) is 0 Å². The van der Waals surface area contributed by atoms with E-state index in [1.165, 1.54) is 70.6 Å². The van der Waals surface area contributed by atoms with Crippen LogP contribution < -0.4 is 0 Å². The molecule has 3 saturated carbocycles. The second-order valence-corrected chi connectivity index (χ2v) is 8.26. The standard InChI is InChI=1S/C21H38O3/c1-2-23-20-14-18-10-6-7-11-19(18)15-21(20)24-13-12-22-16-17-8-4-3-5-9-17/h17-21H,2-16H2,1H3. The van der Waals surface area contributed by atoms with Gasteiger partial charge in [0.15, 0.2) is 0 Å². The van der Waals surface area contributed by atoms with Crippen LogP contribution in [-0.4, -0.2) is 38.6 Å². The Balaban J connectivity index is 1.35. The lowest BCUT2D eigenvalue weighted by Crippen LogP contribution is -2.43. The molecule has 0 aromatic heterocycles. The van der Waals surface area contributed by atoms with Gasteiger partial charge in [0.05, 0.1) is 25.4 Å². The van der Waals surface area contributed by atoms with Crippen molar-refractivity contribution in [3.05, 3.63) is 0 Å². The van der Waals surface area contributed by atoms with Crippen LogP contribution in [0.15, 0.2) is 0 Å². The molecule has 24 heavy (non-hydrogen) atoms. The van der Waals surface area contributed by atoms with Crippen LogP contribution >= 0.6 is 0 Å². The molecule has 0 aromatic carbocycles. The maximum Gasteiger partial charge on any atom is 0.0840 e. The maximum absolute atomic E-state index is 6.24. The zero-order chi connectivity index (χ0) is 16.6. The number of rotatable bonds is 8. The van der Waals surface area contributed by atoms with Crippen LogP contribution in [0.2, 0.25) is 0 Å². The van der Waals surface area contributed by atoms with Crippen molar-refractivity contribution < 1.29 is 14.2 Å². The summed E-state index contributed by atoms with van der Waals surface area (Å²) >= 11 is 0. The van der Waals surface area contributed by atoms with Crippen molar-refractivity contribution in [3.8, 4) is 0 Å². The molecule has 3 heteroatoms. The highest BCUT2D eigenvalue weighted by molar-refractivity contribution is 4.89. The van der Waals surface area contributed by atoms with Crippen molar-refractivity contribution in [2.45, 2.75) is 89.8 Å². The normalized spacial score (nSPS) is 34.9. The third-order valence-corrected chi connectivity index (χ3v) is 6.57. The van der Waals surface area contributed by atoms with Gasteiger partial charge in [-0.05, 0) is 50.4 Å². The minimum atomic E-state index is 0.294. The molecule has 0 aliphatic heterocycles. The average molecular weight is 339 g/mol. The summed E-state index contributed by atoms with van der Waals surface area (Å²) in [5.74, 6) is 2.56. The van der Waals surface area contributed by atoms with Gasteiger partial charge in [-0.25, -0.2) is 0 Å². The first-order chi connectivity index (χ1) is 11.9. The van der Waals surface area contributed by atoms with E-state index in [0.29, 0.717) is 12.2 Å². The highest BCUT2D eigenvalue weighted by Crippen LogP contribution is 2.42. The summed E-state index contributed by atoms with van der Waals surface area (Å²) in [6.45, 7) is 5.34. The molecule has 3 fully saturated rings.